The summed E-state index contributed by atoms with van der Waals surface area (Å²) in [4.78, 5) is 59.4. The highest BCUT2D eigenvalue weighted by Gasteiger charge is 2.77. The van der Waals surface area contributed by atoms with Crippen LogP contribution in [0.4, 0.5) is 0 Å². The average molecular weight is 794 g/mol. The number of carbonyl (C=O) groups excluding carboxylic acids is 4. The summed E-state index contributed by atoms with van der Waals surface area (Å²) in [7, 11) is 1.49. The summed E-state index contributed by atoms with van der Waals surface area (Å²) in [6, 6.07) is 14.5. The van der Waals surface area contributed by atoms with Gasteiger partial charge in [-0.2, -0.15) is 0 Å². The molecule has 3 fully saturated rings. The van der Waals surface area contributed by atoms with Gasteiger partial charge in [0.2, 0.25) is 17.7 Å². The molecule has 1 spiro atoms. The molecule has 1 unspecified atom stereocenters. The van der Waals surface area contributed by atoms with Crippen molar-refractivity contribution in [3.8, 4) is 0 Å². The second kappa shape index (κ2) is 16.7. The first-order valence-electron chi connectivity index (χ1n) is 17.7. The number of carbonyl (C=O) groups is 4. The van der Waals surface area contributed by atoms with Crippen molar-refractivity contribution >= 4 is 50.7 Å². The van der Waals surface area contributed by atoms with Gasteiger partial charge in [-0.25, -0.2) is 4.68 Å². The van der Waals surface area contributed by atoms with Gasteiger partial charge in [0.1, 0.15) is 29.9 Å². The SMILES string of the molecule is C=CCCC(=O)N[C@@H](COC)[C@@H](OC(=O)[C@H]1[C@@H]2O[C@@]3(CC2Br)[C@@H]1C(=O)N(CCCO)[C@@H]3C(=O)N(CC=C)Cn1nnc2ccccc21)c1ccccc1. The van der Waals surface area contributed by atoms with Gasteiger partial charge in [0, 0.05) is 38.1 Å². The number of aliphatic hydroxyl groups excluding tert-OH is 1. The number of methoxy groups -OCH3 is 1. The normalized spacial score (nSPS) is 25.5. The molecule has 3 saturated heterocycles. The zero-order valence-corrected chi connectivity index (χ0v) is 31.2. The molecule has 3 aliphatic heterocycles. The van der Waals surface area contributed by atoms with Crippen LogP contribution >= 0.6 is 15.9 Å². The molecule has 2 bridgehead atoms. The molecular formula is C38H45BrN6O8. The molecule has 0 aliphatic carbocycles. The van der Waals surface area contributed by atoms with Crippen LogP contribution in [0.2, 0.25) is 0 Å². The molecule has 4 heterocycles. The summed E-state index contributed by atoms with van der Waals surface area (Å²) >= 11 is 3.72. The van der Waals surface area contributed by atoms with Crippen molar-refractivity contribution in [1.29, 1.82) is 0 Å². The summed E-state index contributed by atoms with van der Waals surface area (Å²) in [5.41, 5.74) is 0.639. The van der Waals surface area contributed by atoms with Crippen LogP contribution < -0.4 is 5.32 Å². The van der Waals surface area contributed by atoms with Crippen LogP contribution in [0.1, 0.15) is 37.4 Å². The zero-order valence-electron chi connectivity index (χ0n) is 29.6. The number of hydrogen-bond acceptors (Lipinski definition) is 10. The maximum Gasteiger partial charge on any atom is 0.313 e. The van der Waals surface area contributed by atoms with Gasteiger partial charge in [0.25, 0.3) is 0 Å². The number of alkyl halides is 1. The largest absolute Gasteiger partial charge is 0.455 e. The highest BCUT2D eigenvalue weighted by molar-refractivity contribution is 9.09. The Hall–Kier alpha value is -4.44. The van der Waals surface area contributed by atoms with E-state index in [9.17, 15) is 24.3 Å². The minimum absolute atomic E-state index is 0.0233. The Kier molecular flexibility index (Phi) is 12.1. The fourth-order valence-electron chi connectivity index (χ4n) is 8.01. The third-order valence-electron chi connectivity index (χ3n) is 10.2. The molecule has 3 aromatic rings. The third-order valence-corrected chi connectivity index (χ3v) is 11.1. The van der Waals surface area contributed by atoms with E-state index in [1.807, 2.05) is 30.3 Å². The number of esters is 1. The Morgan fingerprint density at radius 1 is 1.17 bits per heavy atom. The lowest BCUT2D eigenvalue weighted by Crippen LogP contribution is -2.57. The number of likely N-dealkylation sites (tertiary alicyclic amines) is 1. The molecule has 8 atom stereocenters. The molecule has 6 rings (SSSR count). The first-order chi connectivity index (χ1) is 25.7. The Balaban J connectivity index is 1.33. The summed E-state index contributed by atoms with van der Waals surface area (Å²) < 4.78 is 20.1. The summed E-state index contributed by atoms with van der Waals surface area (Å²) in [5, 5.41) is 21.2. The first kappa shape index (κ1) is 38.3. The van der Waals surface area contributed by atoms with Crippen LogP contribution in [0.3, 0.4) is 0 Å². The van der Waals surface area contributed by atoms with Gasteiger partial charge in [-0.1, -0.05) is 75.8 Å². The van der Waals surface area contributed by atoms with Crippen molar-refractivity contribution in [2.45, 2.75) is 67.1 Å². The molecule has 3 amide bonds. The second-order valence-electron chi connectivity index (χ2n) is 13.6. The topological polar surface area (TPSA) is 165 Å². The number of ether oxygens (including phenoxy) is 3. The number of para-hydroxylation sites is 1. The minimum Gasteiger partial charge on any atom is -0.455 e. The third kappa shape index (κ3) is 7.39. The van der Waals surface area contributed by atoms with Gasteiger partial charge in [-0.05, 0) is 37.0 Å². The van der Waals surface area contributed by atoms with Crippen LogP contribution in [-0.2, 0) is 40.1 Å². The molecule has 2 N–H and O–H groups in total. The van der Waals surface area contributed by atoms with Gasteiger partial charge >= 0.3 is 5.97 Å². The number of amides is 3. The number of nitrogens with one attached hydrogen (secondary N) is 1. The lowest BCUT2D eigenvalue weighted by atomic mass is 9.70. The number of rotatable bonds is 18. The summed E-state index contributed by atoms with van der Waals surface area (Å²) in [6.45, 7) is 7.61. The Labute approximate surface area is 316 Å². The van der Waals surface area contributed by atoms with Crippen LogP contribution in [0.15, 0.2) is 79.9 Å². The minimum atomic E-state index is -1.37. The smallest absolute Gasteiger partial charge is 0.313 e. The zero-order chi connectivity index (χ0) is 37.7. The fourth-order valence-corrected chi connectivity index (χ4v) is 8.96. The number of fused-ring (bicyclic) bond motifs is 2. The number of nitrogens with zero attached hydrogens (tertiary/aromatic N) is 5. The van der Waals surface area contributed by atoms with E-state index in [1.54, 1.807) is 41.1 Å². The Morgan fingerprint density at radius 3 is 2.64 bits per heavy atom. The van der Waals surface area contributed by atoms with Crippen molar-refractivity contribution in [3.05, 3.63) is 85.5 Å². The maximum atomic E-state index is 14.8. The average Bonchev–Trinajstić information content (AvgIpc) is 3.88. The molecule has 53 heavy (non-hydrogen) atoms. The number of hydrogen-bond donors (Lipinski definition) is 2. The molecule has 15 heteroatoms. The van der Waals surface area contributed by atoms with Crippen molar-refractivity contribution in [3.63, 3.8) is 0 Å². The van der Waals surface area contributed by atoms with Crippen LogP contribution in [-0.4, -0.2) is 116 Å². The number of halogens is 1. The van der Waals surface area contributed by atoms with E-state index >= 15 is 0 Å². The highest BCUT2D eigenvalue weighted by atomic mass is 79.9. The Morgan fingerprint density at radius 2 is 1.92 bits per heavy atom. The van der Waals surface area contributed by atoms with E-state index in [2.05, 4.69) is 44.7 Å². The number of benzene rings is 2. The standard InChI is InChI=1S/C38H45BrN6O8/c1-4-6-17-29(47)40-27(22-51-3)32(24-13-8-7-9-14-24)52-37(50)30-31-35(48)44(19-12-20-46)34(38(31)21-25(39)33(30)53-38)36(49)43(18-5-2)23-45-28-16-11-10-15-26(28)41-42-45/h4-5,7-11,13-16,25,27,30-34,46H,1-2,6,12,17-23H2,3H3,(H,40,47)/t25?,27-,30+,31-,32-,33+,34+,38-/m0/s1. The quantitative estimate of drug-likeness (QED) is 0.111. The summed E-state index contributed by atoms with van der Waals surface area (Å²) in [6.07, 6.45) is 2.64. The van der Waals surface area contributed by atoms with E-state index < -0.39 is 59.5 Å². The van der Waals surface area contributed by atoms with E-state index in [0.717, 1.165) is 5.52 Å². The van der Waals surface area contributed by atoms with Crippen molar-refractivity contribution in [2.75, 3.05) is 33.4 Å². The lowest BCUT2D eigenvalue weighted by molar-refractivity contribution is -0.163. The number of aliphatic hydroxyl groups is 1. The molecule has 282 valence electrons. The molecule has 0 saturated carbocycles. The summed E-state index contributed by atoms with van der Waals surface area (Å²) in [5.74, 6) is -3.90. The monoisotopic (exact) mass is 792 g/mol. The van der Waals surface area contributed by atoms with Gasteiger partial charge < -0.3 is 34.4 Å². The predicted molar refractivity (Wildman–Crippen MR) is 197 cm³/mol. The maximum absolute atomic E-state index is 14.8. The van der Waals surface area contributed by atoms with Crippen molar-refractivity contribution < 1.29 is 38.5 Å². The molecule has 0 radical (unpaired) electrons. The van der Waals surface area contributed by atoms with Gasteiger partial charge in [0.05, 0.1) is 36.1 Å². The fraction of sp³-hybridized carbons (Fsp3) is 0.474. The van der Waals surface area contributed by atoms with Crippen LogP contribution in [0.5, 0.6) is 0 Å². The number of aromatic nitrogens is 3. The molecule has 3 aliphatic rings. The first-order valence-corrected chi connectivity index (χ1v) is 18.7. The van der Waals surface area contributed by atoms with Crippen LogP contribution in [0.25, 0.3) is 11.0 Å². The predicted octanol–water partition coefficient (Wildman–Crippen LogP) is 2.92. The molecule has 2 aromatic carbocycles. The van der Waals surface area contributed by atoms with Crippen molar-refractivity contribution in [1.82, 2.24) is 30.1 Å². The van der Waals surface area contributed by atoms with E-state index in [-0.39, 0.29) is 63.0 Å². The lowest BCUT2D eigenvalue weighted by Gasteiger charge is -2.37. The number of allylic oxidation sites excluding steroid dienone is 1. The molecule has 1 aromatic heterocycles. The van der Waals surface area contributed by atoms with Gasteiger partial charge in [0.15, 0.2) is 0 Å². The highest BCUT2D eigenvalue weighted by Crippen LogP contribution is 2.60. The van der Waals surface area contributed by atoms with Crippen molar-refractivity contribution in [2.24, 2.45) is 11.8 Å². The van der Waals surface area contributed by atoms with E-state index in [1.165, 1.54) is 16.9 Å². The van der Waals surface area contributed by atoms with Gasteiger partial charge in [-0.3, -0.25) is 19.2 Å². The van der Waals surface area contributed by atoms with E-state index in [4.69, 9.17) is 14.2 Å². The van der Waals surface area contributed by atoms with Crippen LogP contribution in [0, 0.1) is 11.8 Å². The van der Waals surface area contributed by atoms with Gasteiger partial charge in [-0.15, -0.1) is 18.3 Å². The van der Waals surface area contributed by atoms with E-state index in [0.29, 0.717) is 17.5 Å². The molecule has 14 nitrogen and oxygen atoms in total. The molecular weight excluding hydrogens is 748 g/mol. The Bertz CT molecular complexity index is 1820. The second-order valence-corrected chi connectivity index (χ2v) is 14.7.